The van der Waals surface area contributed by atoms with Crippen LogP contribution in [0.3, 0.4) is 0 Å². The zero-order valence-electron chi connectivity index (χ0n) is 17.6. The van der Waals surface area contributed by atoms with Gasteiger partial charge in [-0.15, -0.1) is 10.2 Å². The molecular formula is C25H22N4O2S. The van der Waals surface area contributed by atoms with E-state index in [0.29, 0.717) is 17.5 Å². The summed E-state index contributed by atoms with van der Waals surface area (Å²) in [6.45, 7) is 2.74. The van der Waals surface area contributed by atoms with E-state index >= 15 is 0 Å². The maximum absolute atomic E-state index is 12.2. The maximum Gasteiger partial charge on any atom is 0.277 e. The molecule has 0 bridgehead atoms. The van der Waals surface area contributed by atoms with Gasteiger partial charge in [-0.1, -0.05) is 65.9 Å². The molecule has 2 heterocycles. The van der Waals surface area contributed by atoms with E-state index in [0.717, 1.165) is 17.8 Å². The molecular weight excluding hydrogens is 420 g/mol. The number of fused-ring (bicyclic) bond motifs is 3. The van der Waals surface area contributed by atoms with Gasteiger partial charge in [0.1, 0.15) is 0 Å². The first-order chi connectivity index (χ1) is 15.7. The molecule has 0 saturated carbocycles. The Morgan fingerprint density at radius 3 is 2.28 bits per heavy atom. The Kier molecular flexibility index (Phi) is 5.64. The van der Waals surface area contributed by atoms with E-state index in [1.807, 2.05) is 31.2 Å². The van der Waals surface area contributed by atoms with Gasteiger partial charge in [-0.2, -0.15) is 0 Å². The molecule has 160 valence electrons. The van der Waals surface area contributed by atoms with Gasteiger partial charge in [-0.05, 0) is 31.2 Å². The zero-order chi connectivity index (χ0) is 21.9. The average molecular weight is 443 g/mol. The standard InChI is InChI=1S/C25H22N4O2S/c1-17-10-12-18(13-11-17)26-23(30)16-32-25-28-27-24(31-25)14-15-29-21-8-4-2-6-19(21)20-7-3-5-9-22(20)29/h2-13H,14-16H2,1H3,(H,26,30). The Labute approximate surface area is 189 Å². The fourth-order valence-electron chi connectivity index (χ4n) is 3.81. The van der Waals surface area contributed by atoms with E-state index in [2.05, 4.69) is 68.6 Å². The molecule has 2 aromatic heterocycles. The number of aryl methyl sites for hydroxylation is 3. The number of para-hydroxylation sites is 2. The molecule has 5 aromatic rings. The Morgan fingerprint density at radius 2 is 1.59 bits per heavy atom. The van der Waals surface area contributed by atoms with Gasteiger partial charge in [0.2, 0.25) is 11.8 Å². The number of nitrogens with zero attached hydrogens (tertiary/aromatic N) is 3. The van der Waals surface area contributed by atoms with Crippen molar-refractivity contribution in [1.29, 1.82) is 0 Å². The lowest BCUT2D eigenvalue weighted by atomic mass is 10.2. The SMILES string of the molecule is Cc1ccc(NC(=O)CSc2nnc(CCn3c4ccccc4c4ccccc43)o2)cc1. The molecule has 1 N–H and O–H groups in total. The van der Waals surface area contributed by atoms with E-state index < -0.39 is 0 Å². The van der Waals surface area contributed by atoms with Crippen molar-refractivity contribution in [2.75, 3.05) is 11.1 Å². The van der Waals surface area contributed by atoms with E-state index in [9.17, 15) is 4.79 Å². The van der Waals surface area contributed by atoms with Crippen molar-refractivity contribution in [3.63, 3.8) is 0 Å². The van der Waals surface area contributed by atoms with Crippen LogP contribution in [0.15, 0.2) is 82.4 Å². The Balaban J connectivity index is 1.22. The second-order valence-electron chi connectivity index (χ2n) is 7.60. The molecule has 32 heavy (non-hydrogen) atoms. The smallest absolute Gasteiger partial charge is 0.277 e. The molecule has 0 spiro atoms. The highest BCUT2D eigenvalue weighted by Gasteiger charge is 2.13. The summed E-state index contributed by atoms with van der Waals surface area (Å²) in [5.41, 5.74) is 4.31. The number of carbonyl (C=O) groups excluding carboxylic acids is 1. The first-order valence-corrected chi connectivity index (χ1v) is 11.4. The number of aromatic nitrogens is 3. The Morgan fingerprint density at radius 1 is 0.938 bits per heavy atom. The molecule has 0 atom stereocenters. The summed E-state index contributed by atoms with van der Waals surface area (Å²) in [4.78, 5) is 12.2. The average Bonchev–Trinajstić information content (AvgIpc) is 3.40. The predicted molar refractivity (Wildman–Crippen MR) is 128 cm³/mol. The van der Waals surface area contributed by atoms with Crippen molar-refractivity contribution in [2.24, 2.45) is 0 Å². The zero-order valence-corrected chi connectivity index (χ0v) is 18.4. The van der Waals surface area contributed by atoms with Crippen molar-refractivity contribution >= 4 is 45.2 Å². The van der Waals surface area contributed by atoms with Gasteiger partial charge < -0.3 is 14.3 Å². The van der Waals surface area contributed by atoms with Crippen molar-refractivity contribution in [1.82, 2.24) is 14.8 Å². The minimum absolute atomic E-state index is 0.108. The summed E-state index contributed by atoms with van der Waals surface area (Å²) < 4.78 is 8.06. The summed E-state index contributed by atoms with van der Waals surface area (Å²) >= 11 is 1.24. The van der Waals surface area contributed by atoms with Crippen LogP contribution in [0.4, 0.5) is 5.69 Å². The number of rotatable bonds is 7. The van der Waals surface area contributed by atoms with Crippen LogP contribution in [0, 0.1) is 6.92 Å². The van der Waals surface area contributed by atoms with Gasteiger partial charge in [-0.25, -0.2) is 0 Å². The van der Waals surface area contributed by atoms with Crippen molar-refractivity contribution < 1.29 is 9.21 Å². The van der Waals surface area contributed by atoms with Crippen molar-refractivity contribution in [2.45, 2.75) is 25.1 Å². The van der Waals surface area contributed by atoms with Crippen LogP contribution < -0.4 is 5.32 Å². The van der Waals surface area contributed by atoms with Crippen LogP contribution in [-0.2, 0) is 17.8 Å². The number of carbonyl (C=O) groups is 1. The monoisotopic (exact) mass is 442 g/mol. The van der Waals surface area contributed by atoms with E-state index in [1.54, 1.807) is 0 Å². The lowest BCUT2D eigenvalue weighted by Gasteiger charge is -2.05. The molecule has 0 aliphatic rings. The quantitative estimate of drug-likeness (QED) is 0.339. The van der Waals surface area contributed by atoms with Crippen LogP contribution in [0.25, 0.3) is 21.8 Å². The van der Waals surface area contributed by atoms with Crippen molar-refractivity contribution in [3.8, 4) is 0 Å². The largest absolute Gasteiger partial charge is 0.416 e. The topological polar surface area (TPSA) is 73.0 Å². The van der Waals surface area contributed by atoms with Gasteiger partial charge in [0.05, 0.1) is 5.75 Å². The number of hydrogen-bond donors (Lipinski definition) is 1. The van der Waals surface area contributed by atoms with Gasteiger partial charge in [0.15, 0.2) is 0 Å². The predicted octanol–water partition coefficient (Wildman–Crippen LogP) is 5.46. The van der Waals surface area contributed by atoms with E-state index in [-0.39, 0.29) is 11.7 Å². The number of hydrogen-bond acceptors (Lipinski definition) is 5. The molecule has 3 aromatic carbocycles. The normalized spacial score (nSPS) is 11.3. The number of nitrogens with one attached hydrogen (secondary N) is 1. The summed E-state index contributed by atoms with van der Waals surface area (Å²) in [6.07, 6.45) is 0.617. The van der Waals surface area contributed by atoms with E-state index in [4.69, 9.17) is 4.42 Å². The molecule has 0 radical (unpaired) electrons. The summed E-state index contributed by atoms with van der Waals surface area (Å²) in [5.74, 6) is 0.666. The fourth-order valence-corrected chi connectivity index (χ4v) is 4.39. The van der Waals surface area contributed by atoms with Crippen LogP contribution >= 0.6 is 11.8 Å². The summed E-state index contributed by atoms with van der Waals surface area (Å²) in [5, 5.41) is 14.0. The van der Waals surface area contributed by atoms with Crippen LogP contribution in [0.2, 0.25) is 0 Å². The van der Waals surface area contributed by atoms with Crippen LogP contribution in [0.1, 0.15) is 11.5 Å². The first kappa shape index (κ1) is 20.3. The highest BCUT2D eigenvalue weighted by Crippen LogP contribution is 2.29. The molecule has 6 nitrogen and oxygen atoms in total. The maximum atomic E-state index is 12.2. The molecule has 0 unspecified atom stereocenters. The molecule has 0 saturated heterocycles. The molecule has 5 rings (SSSR count). The number of thioether (sulfide) groups is 1. The third-order valence-corrected chi connectivity index (χ3v) is 6.16. The molecule has 7 heteroatoms. The van der Waals surface area contributed by atoms with Gasteiger partial charge in [0, 0.05) is 40.5 Å². The second kappa shape index (κ2) is 8.88. The molecule has 0 aliphatic carbocycles. The molecule has 0 fully saturated rings. The summed E-state index contributed by atoms with van der Waals surface area (Å²) in [6, 6.07) is 24.5. The Bertz CT molecular complexity index is 1340. The third kappa shape index (κ3) is 4.24. The molecule has 0 aliphatic heterocycles. The van der Waals surface area contributed by atoms with E-state index in [1.165, 1.54) is 33.6 Å². The lowest BCUT2D eigenvalue weighted by Crippen LogP contribution is -2.13. The van der Waals surface area contributed by atoms with Gasteiger partial charge >= 0.3 is 0 Å². The minimum Gasteiger partial charge on any atom is -0.416 e. The second-order valence-corrected chi connectivity index (χ2v) is 8.53. The molecule has 1 amide bonds. The number of benzene rings is 3. The fraction of sp³-hybridized carbons (Fsp3) is 0.160. The number of anilines is 1. The number of amides is 1. The van der Waals surface area contributed by atoms with Crippen LogP contribution in [0.5, 0.6) is 0 Å². The minimum atomic E-state index is -0.108. The van der Waals surface area contributed by atoms with Gasteiger partial charge in [0.25, 0.3) is 5.22 Å². The van der Waals surface area contributed by atoms with Crippen molar-refractivity contribution in [3.05, 3.63) is 84.3 Å². The third-order valence-electron chi connectivity index (χ3n) is 5.34. The highest BCUT2D eigenvalue weighted by atomic mass is 32.2. The Hall–Kier alpha value is -3.58. The highest BCUT2D eigenvalue weighted by molar-refractivity contribution is 7.99. The van der Waals surface area contributed by atoms with Crippen LogP contribution in [-0.4, -0.2) is 26.4 Å². The first-order valence-electron chi connectivity index (χ1n) is 10.4. The van der Waals surface area contributed by atoms with Gasteiger partial charge in [-0.3, -0.25) is 4.79 Å². The lowest BCUT2D eigenvalue weighted by molar-refractivity contribution is -0.113. The summed E-state index contributed by atoms with van der Waals surface area (Å²) in [7, 11) is 0.